The molecule has 0 N–H and O–H groups in total. The summed E-state index contributed by atoms with van der Waals surface area (Å²) in [6.07, 6.45) is 2.35. The van der Waals surface area contributed by atoms with Crippen LogP contribution in [0.1, 0.15) is 16.2 Å². The Kier molecular flexibility index (Phi) is 4.16. The Morgan fingerprint density at radius 3 is 2.84 bits per heavy atom. The number of carbonyl (C=O) groups is 1. The zero-order chi connectivity index (χ0) is 13.8. The van der Waals surface area contributed by atoms with Gasteiger partial charge < -0.3 is 14.0 Å². The number of aromatic nitrogens is 3. The molecule has 0 aliphatic carbocycles. The molecule has 0 fully saturated rings. The van der Waals surface area contributed by atoms with Crippen molar-refractivity contribution < 1.29 is 14.3 Å². The summed E-state index contributed by atoms with van der Waals surface area (Å²) in [5, 5.41) is 7.70. The summed E-state index contributed by atoms with van der Waals surface area (Å²) < 4.78 is 13.3. The third-order valence-corrected chi connectivity index (χ3v) is 3.13. The van der Waals surface area contributed by atoms with Gasteiger partial charge in [0.2, 0.25) is 0 Å². The molecule has 100 valence electrons. The Morgan fingerprint density at radius 2 is 2.26 bits per heavy atom. The Morgan fingerprint density at radius 1 is 1.47 bits per heavy atom. The lowest BCUT2D eigenvalue weighted by atomic mass is 10.2. The lowest BCUT2D eigenvalue weighted by Gasteiger charge is -2.12. The lowest BCUT2D eigenvalue weighted by Crippen LogP contribution is -2.04. The molecule has 1 aromatic carbocycles. The highest BCUT2D eigenvalue weighted by Gasteiger charge is 2.13. The largest absolute Gasteiger partial charge is 0.493 e. The number of carbonyl (C=O) groups excluding carboxylic acids is 1. The van der Waals surface area contributed by atoms with Crippen molar-refractivity contribution in [3.63, 3.8) is 0 Å². The summed E-state index contributed by atoms with van der Waals surface area (Å²) in [4.78, 5) is 10.8. The average molecular weight is 326 g/mol. The van der Waals surface area contributed by atoms with E-state index < -0.39 is 0 Å². The molecule has 0 radical (unpaired) electrons. The Labute approximate surface area is 118 Å². The first-order valence-corrected chi connectivity index (χ1v) is 6.23. The van der Waals surface area contributed by atoms with Crippen molar-refractivity contribution in [2.45, 2.75) is 6.61 Å². The highest BCUT2D eigenvalue weighted by atomic mass is 79.9. The smallest absolute Gasteiger partial charge is 0.176 e. The number of ether oxygens (including phenoxy) is 2. The predicted molar refractivity (Wildman–Crippen MR) is 71.4 cm³/mol. The van der Waals surface area contributed by atoms with Gasteiger partial charge in [0.15, 0.2) is 17.3 Å². The van der Waals surface area contributed by atoms with Crippen LogP contribution >= 0.6 is 15.9 Å². The molecule has 0 unspecified atom stereocenters. The second kappa shape index (κ2) is 5.83. The van der Waals surface area contributed by atoms with Crippen molar-refractivity contribution in [2.24, 2.45) is 7.05 Å². The van der Waals surface area contributed by atoms with Gasteiger partial charge >= 0.3 is 0 Å². The molecule has 19 heavy (non-hydrogen) atoms. The molecule has 6 nitrogen and oxygen atoms in total. The van der Waals surface area contributed by atoms with Crippen LogP contribution < -0.4 is 9.47 Å². The van der Waals surface area contributed by atoms with Crippen molar-refractivity contribution in [1.82, 2.24) is 14.8 Å². The van der Waals surface area contributed by atoms with Crippen molar-refractivity contribution in [3.8, 4) is 11.5 Å². The normalized spacial score (nSPS) is 10.3. The van der Waals surface area contributed by atoms with Gasteiger partial charge in [-0.2, -0.15) is 0 Å². The third-order valence-electron chi connectivity index (χ3n) is 2.54. The number of aryl methyl sites for hydroxylation is 1. The van der Waals surface area contributed by atoms with Gasteiger partial charge in [0.25, 0.3) is 0 Å². The van der Waals surface area contributed by atoms with Gasteiger partial charge in [-0.25, -0.2) is 0 Å². The van der Waals surface area contributed by atoms with Crippen LogP contribution in [0.2, 0.25) is 0 Å². The van der Waals surface area contributed by atoms with Crippen molar-refractivity contribution in [3.05, 3.63) is 34.3 Å². The molecule has 0 aliphatic heterocycles. The average Bonchev–Trinajstić information content (AvgIpc) is 2.82. The molecule has 1 aromatic heterocycles. The fraction of sp³-hybridized carbons (Fsp3) is 0.250. The van der Waals surface area contributed by atoms with E-state index >= 15 is 0 Å². The maximum absolute atomic E-state index is 10.8. The SMILES string of the molecule is COc1cc(C=O)cc(Br)c1OCc1nncn1C. The fourth-order valence-corrected chi connectivity index (χ4v) is 2.10. The van der Waals surface area contributed by atoms with E-state index in [1.165, 1.54) is 7.11 Å². The summed E-state index contributed by atoms with van der Waals surface area (Å²) in [6.45, 7) is 0.256. The lowest BCUT2D eigenvalue weighted by molar-refractivity contribution is 0.112. The fourth-order valence-electron chi connectivity index (χ4n) is 1.52. The second-order valence-corrected chi connectivity index (χ2v) is 4.65. The van der Waals surface area contributed by atoms with Crippen LogP contribution in [0.15, 0.2) is 22.9 Å². The zero-order valence-corrected chi connectivity index (χ0v) is 12.0. The van der Waals surface area contributed by atoms with Gasteiger partial charge in [-0.05, 0) is 28.1 Å². The first-order valence-electron chi connectivity index (χ1n) is 5.44. The number of nitrogens with zero attached hydrogens (tertiary/aromatic N) is 3. The van der Waals surface area contributed by atoms with Crippen LogP contribution in [0, 0.1) is 0 Å². The van der Waals surface area contributed by atoms with Crippen LogP contribution in [0.25, 0.3) is 0 Å². The van der Waals surface area contributed by atoms with Gasteiger partial charge in [-0.3, -0.25) is 4.79 Å². The molecule has 0 atom stereocenters. The summed E-state index contributed by atoms with van der Waals surface area (Å²) in [5.74, 6) is 1.70. The molecule has 0 amide bonds. The molecular weight excluding hydrogens is 314 g/mol. The quantitative estimate of drug-likeness (QED) is 0.786. The van der Waals surface area contributed by atoms with E-state index in [9.17, 15) is 4.79 Å². The monoisotopic (exact) mass is 325 g/mol. The molecule has 0 aliphatic rings. The van der Waals surface area contributed by atoms with Crippen LogP contribution in [-0.2, 0) is 13.7 Å². The molecular formula is C12H12BrN3O3. The Balaban J connectivity index is 2.24. The molecule has 7 heteroatoms. The summed E-state index contributed by atoms with van der Waals surface area (Å²) in [6, 6.07) is 3.28. The third kappa shape index (κ3) is 2.93. The molecule has 0 spiro atoms. The first-order chi connectivity index (χ1) is 9.15. The second-order valence-electron chi connectivity index (χ2n) is 3.80. The number of rotatable bonds is 5. The van der Waals surface area contributed by atoms with Gasteiger partial charge in [0.1, 0.15) is 19.2 Å². The van der Waals surface area contributed by atoms with E-state index in [2.05, 4.69) is 26.1 Å². The minimum absolute atomic E-state index is 0.256. The van der Waals surface area contributed by atoms with Gasteiger partial charge in [0, 0.05) is 12.6 Å². The number of halogens is 1. The standard InChI is InChI=1S/C12H12BrN3O3/c1-16-7-14-15-11(16)6-19-12-9(13)3-8(5-17)4-10(12)18-2/h3-5,7H,6H2,1-2H3. The van der Waals surface area contributed by atoms with Gasteiger partial charge in [0.05, 0.1) is 11.6 Å². The highest BCUT2D eigenvalue weighted by Crippen LogP contribution is 2.36. The number of aldehydes is 1. The molecule has 0 bridgehead atoms. The maximum Gasteiger partial charge on any atom is 0.176 e. The van der Waals surface area contributed by atoms with E-state index in [-0.39, 0.29) is 6.61 Å². The Hall–Kier alpha value is -1.89. The van der Waals surface area contributed by atoms with E-state index in [0.29, 0.717) is 27.4 Å². The number of methoxy groups -OCH3 is 1. The molecule has 0 saturated heterocycles. The summed E-state index contributed by atoms with van der Waals surface area (Å²) in [7, 11) is 3.35. The summed E-state index contributed by atoms with van der Waals surface area (Å²) >= 11 is 3.36. The van der Waals surface area contributed by atoms with E-state index in [1.54, 1.807) is 23.0 Å². The van der Waals surface area contributed by atoms with E-state index in [0.717, 1.165) is 6.29 Å². The van der Waals surface area contributed by atoms with Crippen LogP contribution in [0.3, 0.4) is 0 Å². The minimum atomic E-state index is 0.256. The molecule has 2 rings (SSSR count). The molecule has 0 saturated carbocycles. The van der Waals surface area contributed by atoms with Gasteiger partial charge in [-0.1, -0.05) is 0 Å². The first kappa shape index (κ1) is 13.5. The summed E-state index contributed by atoms with van der Waals surface area (Å²) in [5.41, 5.74) is 0.509. The van der Waals surface area contributed by atoms with Crippen LogP contribution in [0.4, 0.5) is 0 Å². The van der Waals surface area contributed by atoms with Crippen molar-refractivity contribution in [2.75, 3.05) is 7.11 Å². The zero-order valence-electron chi connectivity index (χ0n) is 10.5. The highest BCUT2D eigenvalue weighted by molar-refractivity contribution is 9.10. The Bertz CT molecular complexity index is 598. The topological polar surface area (TPSA) is 66.2 Å². The van der Waals surface area contributed by atoms with E-state index in [1.807, 2.05) is 7.05 Å². The minimum Gasteiger partial charge on any atom is -0.493 e. The van der Waals surface area contributed by atoms with Crippen molar-refractivity contribution in [1.29, 1.82) is 0 Å². The number of hydrogen-bond acceptors (Lipinski definition) is 5. The predicted octanol–water partition coefficient (Wildman–Crippen LogP) is 1.98. The van der Waals surface area contributed by atoms with Gasteiger partial charge in [-0.15, -0.1) is 10.2 Å². The molecule has 1 heterocycles. The van der Waals surface area contributed by atoms with Crippen LogP contribution in [0.5, 0.6) is 11.5 Å². The number of hydrogen-bond donors (Lipinski definition) is 0. The molecule has 2 aromatic rings. The number of benzene rings is 1. The van der Waals surface area contributed by atoms with Crippen LogP contribution in [-0.4, -0.2) is 28.2 Å². The van der Waals surface area contributed by atoms with E-state index in [4.69, 9.17) is 9.47 Å². The maximum atomic E-state index is 10.8. The van der Waals surface area contributed by atoms with Crippen molar-refractivity contribution >= 4 is 22.2 Å².